The molecule has 2 heteroatoms. The van der Waals surface area contributed by atoms with E-state index in [1.807, 2.05) is 23.5 Å². The molecule has 0 fully saturated rings. The maximum Gasteiger partial charge on any atom is 0.0392 e. The van der Waals surface area contributed by atoms with Gasteiger partial charge in [0.05, 0.1) is 0 Å². The van der Waals surface area contributed by atoms with Crippen LogP contribution in [0.5, 0.6) is 0 Å². The van der Waals surface area contributed by atoms with Gasteiger partial charge >= 0.3 is 0 Å². The Balaban J connectivity index is 2.38. The summed E-state index contributed by atoms with van der Waals surface area (Å²) in [5.41, 5.74) is 2.91. The number of hydrogen-bond acceptors (Lipinski definition) is 2. The molecular weight excluding hydrogens is 208 g/mol. The van der Waals surface area contributed by atoms with Crippen LogP contribution in [0.1, 0.15) is 24.5 Å². The van der Waals surface area contributed by atoms with Crippen molar-refractivity contribution in [1.29, 1.82) is 0 Å². The van der Waals surface area contributed by atoms with Gasteiger partial charge in [0.1, 0.15) is 0 Å². The monoisotopic (exact) mass is 226 g/mol. The van der Waals surface area contributed by atoms with Crippen LogP contribution < -0.4 is 0 Å². The molecule has 0 heterocycles. The fourth-order valence-electron chi connectivity index (χ4n) is 1.33. The van der Waals surface area contributed by atoms with Gasteiger partial charge in [-0.15, -0.1) is 11.8 Å². The van der Waals surface area contributed by atoms with Crippen molar-refractivity contribution in [2.45, 2.75) is 25.5 Å². The Bertz CT molecular complexity index is 241. The highest BCUT2D eigenvalue weighted by Gasteiger charge is 1.94. The quantitative estimate of drug-likeness (QED) is 0.527. The average Bonchev–Trinajstić information content (AvgIpc) is 2.21. The van der Waals surface area contributed by atoms with Crippen molar-refractivity contribution in [2.24, 2.45) is 0 Å². The minimum Gasteiger partial charge on any atom is -0.154 e. The van der Waals surface area contributed by atoms with Crippen molar-refractivity contribution in [3.63, 3.8) is 0 Å². The van der Waals surface area contributed by atoms with Crippen molar-refractivity contribution < 1.29 is 0 Å². The fraction of sp³-hybridized carbons (Fsp3) is 0.500. The van der Waals surface area contributed by atoms with E-state index < -0.39 is 0 Å². The molecule has 0 saturated heterocycles. The lowest BCUT2D eigenvalue weighted by Crippen LogP contribution is -1.85. The summed E-state index contributed by atoms with van der Waals surface area (Å²) in [6.45, 7) is 2.22. The predicted octanol–water partition coefficient (Wildman–Crippen LogP) is 4.19. The van der Waals surface area contributed by atoms with Crippen molar-refractivity contribution in [3.05, 3.63) is 35.4 Å². The molecule has 0 radical (unpaired) electrons. The summed E-state index contributed by atoms with van der Waals surface area (Å²) < 4.78 is 0. The lowest BCUT2D eigenvalue weighted by atomic mass is 10.1. The van der Waals surface area contributed by atoms with Gasteiger partial charge in [-0.05, 0) is 23.8 Å². The van der Waals surface area contributed by atoms with Crippen LogP contribution in [-0.2, 0) is 12.2 Å². The summed E-state index contributed by atoms with van der Waals surface area (Å²) in [4.78, 5) is 0. The third-order valence-corrected chi connectivity index (χ3v) is 4.18. The Morgan fingerprint density at radius 2 is 1.71 bits per heavy atom. The van der Waals surface area contributed by atoms with Crippen molar-refractivity contribution in [2.75, 3.05) is 11.3 Å². The van der Waals surface area contributed by atoms with Gasteiger partial charge in [-0.1, -0.05) is 37.6 Å². The molecule has 0 bridgehead atoms. The van der Waals surface area contributed by atoms with Gasteiger partial charge in [-0.25, -0.2) is 0 Å². The van der Waals surface area contributed by atoms with E-state index in [1.54, 1.807) is 0 Å². The molecule has 0 N–H and O–H groups in total. The maximum absolute atomic E-state index is 2.26. The SMILES string of the molecule is CCCc1ccc(CSCSC)cc1. The van der Waals surface area contributed by atoms with E-state index >= 15 is 0 Å². The summed E-state index contributed by atoms with van der Waals surface area (Å²) in [6, 6.07) is 9.05. The van der Waals surface area contributed by atoms with Gasteiger partial charge in [0.25, 0.3) is 0 Å². The highest BCUT2D eigenvalue weighted by molar-refractivity contribution is 8.15. The molecule has 0 aliphatic rings. The Hall–Kier alpha value is -0.0800. The van der Waals surface area contributed by atoms with Gasteiger partial charge in [-0.3, -0.25) is 0 Å². The van der Waals surface area contributed by atoms with Gasteiger partial charge in [0.2, 0.25) is 0 Å². The van der Waals surface area contributed by atoms with Crippen LogP contribution in [-0.4, -0.2) is 11.3 Å². The van der Waals surface area contributed by atoms with Crippen LogP contribution in [0, 0.1) is 0 Å². The zero-order valence-corrected chi connectivity index (χ0v) is 10.6. The second kappa shape index (κ2) is 7.24. The number of hydrogen-bond donors (Lipinski definition) is 0. The minimum absolute atomic E-state index is 1.15. The first-order valence-corrected chi connectivity index (χ1v) is 7.56. The second-order valence-electron chi connectivity index (χ2n) is 3.32. The zero-order valence-electron chi connectivity index (χ0n) is 8.95. The summed E-state index contributed by atoms with van der Waals surface area (Å²) in [7, 11) is 0. The second-order valence-corrected chi connectivity index (χ2v) is 5.54. The van der Waals surface area contributed by atoms with Crippen molar-refractivity contribution in [1.82, 2.24) is 0 Å². The molecule has 0 aliphatic carbocycles. The van der Waals surface area contributed by atoms with Crippen LogP contribution in [0.4, 0.5) is 0 Å². The molecule has 14 heavy (non-hydrogen) atoms. The molecule has 0 amide bonds. The molecule has 0 aliphatic heterocycles. The third kappa shape index (κ3) is 4.43. The van der Waals surface area contributed by atoms with Crippen LogP contribution in [0.25, 0.3) is 0 Å². The highest BCUT2D eigenvalue weighted by atomic mass is 32.2. The van der Waals surface area contributed by atoms with Gasteiger partial charge in [0, 0.05) is 10.8 Å². The third-order valence-electron chi connectivity index (χ3n) is 2.03. The smallest absolute Gasteiger partial charge is 0.0392 e. The summed E-state index contributed by atoms with van der Waals surface area (Å²) >= 11 is 3.88. The Morgan fingerprint density at radius 3 is 2.29 bits per heavy atom. The first-order valence-electron chi connectivity index (χ1n) is 5.01. The first-order chi connectivity index (χ1) is 6.86. The van der Waals surface area contributed by atoms with Crippen LogP contribution in [0.3, 0.4) is 0 Å². The topological polar surface area (TPSA) is 0 Å². The molecule has 0 atom stereocenters. The molecule has 0 aromatic heterocycles. The Kier molecular flexibility index (Phi) is 6.20. The first kappa shape index (κ1) is 12.0. The van der Waals surface area contributed by atoms with Gasteiger partial charge in [0.15, 0.2) is 0 Å². The standard InChI is InChI=1S/C12H18S2/c1-3-4-11-5-7-12(8-6-11)9-14-10-13-2/h5-8H,3-4,9-10H2,1-2H3. The normalized spacial score (nSPS) is 10.4. The van der Waals surface area contributed by atoms with Gasteiger partial charge < -0.3 is 0 Å². The van der Waals surface area contributed by atoms with Crippen LogP contribution >= 0.6 is 23.5 Å². The summed E-state index contributed by atoms with van der Waals surface area (Å²) in [5, 5.41) is 1.19. The Labute approximate surface area is 95.9 Å². The summed E-state index contributed by atoms with van der Waals surface area (Å²) in [6.07, 6.45) is 4.59. The van der Waals surface area contributed by atoms with E-state index in [4.69, 9.17) is 0 Å². The lowest BCUT2D eigenvalue weighted by Gasteiger charge is -2.02. The van der Waals surface area contributed by atoms with E-state index in [9.17, 15) is 0 Å². The van der Waals surface area contributed by atoms with E-state index in [-0.39, 0.29) is 0 Å². The largest absolute Gasteiger partial charge is 0.154 e. The Morgan fingerprint density at radius 1 is 1.07 bits per heavy atom. The number of thioether (sulfide) groups is 2. The maximum atomic E-state index is 2.26. The molecule has 0 nitrogen and oxygen atoms in total. The van der Waals surface area contributed by atoms with E-state index in [2.05, 4.69) is 37.4 Å². The average molecular weight is 226 g/mol. The van der Waals surface area contributed by atoms with Crippen LogP contribution in [0.2, 0.25) is 0 Å². The molecular formula is C12H18S2. The highest BCUT2D eigenvalue weighted by Crippen LogP contribution is 2.16. The predicted molar refractivity (Wildman–Crippen MR) is 70.1 cm³/mol. The molecule has 1 aromatic rings. The summed E-state index contributed by atoms with van der Waals surface area (Å²) in [5.74, 6) is 1.15. The number of benzene rings is 1. The van der Waals surface area contributed by atoms with Crippen molar-refractivity contribution in [3.8, 4) is 0 Å². The molecule has 0 unspecified atom stereocenters. The molecule has 0 saturated carbocycles. The molecule has 78 valence electrons. The number of aryl methyl sites for hydroxylation is 1. The van der Waals surface area contributed by atoms with E-state index in [0.717, 1.165) is 5.75 Å². The van der Waals surface area contributed by atoms with Crippen LogP contribution in [0.15, 0.2) is 24.3 Å². The van der Waals surface area contributed by atoms with Gasteiger partial charge in [-0.2, -0.15) is 11.8 Å². The molecule has 0 spiro atoms. The van der Waals surface area contributed by atoms with E-state index in [0.29, 0.717) is 0 Å². The minimum atomic E-state index is 1.15. The number of rotatable bonds is 6. The molecule has 1 rings (SSSR count). The van der Waals surface area contributed by atoms with Crippen molar-refractivity contribution >= 4 is 23.5 Å². The lowest BCUT2D eigenvalue weighted by molar-refractivity contribution is 0.921. The zero-order chi connectivity index (χ0) is 10.2. The molecule has 1 aromatic carbocycles. The fourth-order valence-corrected chi connectivity index (χ4v) is 2.76. The van der Waals surface area contributed by atoms with E-state index in [1.165, 1.54) is 29.1 Å².